The van der Waals surface area contributed by atoms with Gasteiger partial charge in [0.25, 0.3) is 0 Å². The molecule has 1 aromatic rings. The molecule has 0 aromatic heterocycles. The van der Waals surface area contributed by atoms with Crippen molar-refractivity contribution in [3.8, 4) is 17.2 Å². The molecule has 122 valence electrons. The van der Waals surface area contributed by atoms with Gasteiger partial charge in [0, 0.05) is 0 Å². The Hall–Kier alpha value is -2.44. The van der Waals surface area contributed by atoms with E-state index in [4.69, 9.17) is 24.4 Å². The molecule has 0 saturated heterocycles. The standard InChI is InChI=1S/C15H20O7/c1-20-11-7-9(8-12(21-2)13(11)22-3)5-4-6-10(14(16)17)15(18)19/h7-8,10H,4-6H2,1-3H3,(H,16,17)(H,18,19). The molecule has 0 aliphatic heterocycles. The average molecular weight is 312 g/mol. The molecule has 0 aliphatic carbocycles. The molecule has 0 aliphatic rings. The normalized spacial score (nSPS) is 10.4. The second kappa shape index (κ2) is 8.11. The van der Waals surface area contributed by atoms with Crippen LogP contribution in [0, 0.1) is 5.92 Å². The third kappa shape index (κ3) is 4.28. The van der Waals surface area contributed by atoms with Crippen molar-refractivity contribution in [3.05, 3.63) is 17.7 Å². The molecule has 7 heteroatoms. The van der Waals surface area contributed by atoms with Crippen LogP contribution in [0.1, 0.15) is 18.4 Å². The van der Waals surface area contributed by atoms with Gasteiger partial charge in [0.15, 0.2) is 17.4 Å². The van der Waals surface area contributed by atoms with Gasteiger partial charge in [-0.1, -0.05) is 0 Å². The van der Waals surface area contributed by atoms with E-state index in [1.807, 2.05) is 0 Å². The van der Waals surface area contributed by atoms with Gasteiger partial charge in [-0.05, 0) is 37.0 Å². The number of aliphatic carboxylic acids is 2. The molecule has 0 atom stereocenters. The summed E-state index contributed by atoms with van der Waals surface area (Å²) in [7, 11) is 4.52. The molecule has 0 saturated carbocycles. The Morgan fingerprint density at radius 3 is 1.86 bits per heavy atom. The van der Waals surface area contributed by atoms with Crippen LogP contribution in [-0.4, -0.2) is 43.5 Å². The third-order valence-corrected chi connectivity index (χ3v) is 3.28. The number of hydrogen-bond donors (Lipinski definition) is 2. The monoisotopic (exact) mass is 312 g/mol. The Morgan fingerprint density at radius 1 is 1.00 bits per heavy atom. The van der Waals surface area contributed by atoms with Crippen molar-refractivity contribution in [2.45, 2.75) is 19.3 Å². The minimum Gasteiger partial charge on any atom is -0.493 e. The highest BCUT2D eigenvalue weighted by Crippen LogP contribution is 2.38. The van der Waals surface area contributed by atoms with Crippen LogP contribution in [0.3, 0.4) is 0 Å². The first kappa shape index (κ1) is 17.6. The lowest BCUT2D eigenvalue weighted by atomic mass is 9.99. The van der Waals surface area contributed by atoms with Gasteiger partial charge in [-0.2, -0.15) is 0 Å². The highest BCUT2D eigenvalue weighted by molar-refractivity contribution is 5.92. The van der Waals surface area contributed by atoms with Gasteiger partial charge in [0.1, 0.15) is 0 Å². The predicted octanol–water partition coefficient (Wildman–Crippen LogP) is 1.82. The lowest BCUT2D eigenvalue weighted by molar-refractivity contribution is -0.154. The van der Waals surface area contributed by atoms with Gasteiger partial charge in [-0.15, -0.1) is 0 Å². The third-order valence-electron chi connectivity index (χ3n) is 3.28. The summed E-state index contributed by atoms with van der Waals surface area (Å²) in [6.07, 6.45) is 0.983. The maximum Gasteiger partial charge on any atom is 0.317 e. The fourth-order valence-corrected chi connectivity index (χ4v) is 2.14. The molecular weight excluding hydrogens is 292 g/mol. The number of carbonyl (C=O) groups is 2. The van der Waals surface area contributed by atoms with Crippen molar-refractivity contribution in [1.29, 1.82) is 0 Å². The summed E-state index contributed by atoms with van der Waals surface area (Å²) < 4.78 is 15.7. The second-order valence-electron chi connectivity index (χ2n) is 4.65. The number of benzene rings is 1. The van der Waals surface area contributed by atoms with Crippen molar-refractivity contribution in [2.75, 3.05) is 21.3 Å². The quantitative estimate of drug-likeness (QED) is 0.670. The summed E-state index contributed by atoms with van der Waals surface area (Å²) in [5.74, 6) is -2.55. The summed E-state index contributed by atoms with van der Waals surface area (Å²) in [4.78, 5) is 21.7. The molecule has 0 fully saturated rings. The Bertz CT molecular complexity index is 500. The van der Waals surface area contributed by atoms with Crippen molar-refractivity contribution in [1.82, 2.24) is 0 Å². The van der Waals surface area contributed by atoms with Crippen LogP contribution in [-0.2, 0) is 16.0 Å². The van der Waals surface area contributed by atoms with E-state index in [0.717, 1.165) is 5.56 Å². The molecule has 0 spiro atoms. The van der Waals surface area contributed by atoms with Crippen LogP contribution in [0.4, 0.5) is 0 Å². The van der Waals surface area contributed by atoms with Crippen molar-refractivity contribution in [3.63, 3.8) is 0 Å². The molecule has 1 rings (SSSR count). The highest BCUT2D eigenvalue weighted by atomic mass is 16.5. The molecule has 1 aromatic carbocycles. The van der Waals surface area contributed by atoms with Crippen LogP contribution in [0.15, 0.2) is 12.1 Å². The second-order valence-corrected chi connectivity index (χ2v) is 4.65. The molecule has 22 heavy (non-hydrogen) atoms. The minimum atomic E-state index is -1.39. The fourth-order valence-electron chi connectivity index (χ4n) is 2.14. The number of aryl methyl sites for hydroxylation is 1. The van der Waals surface area contributed by atoms with E-state index in [0.29, 0.717) is 30.1 Å². The number of carboxylic acid groups (broad SMARTS) is 2. The first-order valence-electron chi connectivity index (χ1n) is 6.69. The maximum absolute atomic E-state index is 10.8. The fraction of sp³-hybridized carbons (Fsp3) is 0.467. The maximum atomic E-state index is 10.8. The van der Waals surface area contributed by atoms with E-state index in [1.165, 1.54) is 21.3 Å². The van der Waals surface area contributed by atoms with E-state index in [-0.39, 0.29) is 6.42 Å². The number of ether oxygens (including phenoxy) is 3. The molecule has 2 N–H and O–H groups in total. The molecule has 0 unspecified atom stereocenters. The average Bonchev–Trinajstić information content (AvgIpc) is 2.49. The molecule has 0 amide bonds. The molecule has 0 radical (unpaired) electrons. The SMILES string of the molecule is COc1cc(CCCC(C(=O)O)C(=O)O)cc(OC)c1OC. The minimum absolute atomic E-state index is 0.0569. The number of rotatable bonds is 9. The Morgan fingerprint density at radius 2 is 1.50 bits per heavy atom. The molecule has 0 heterocycles. The van der Waals surface area contributed by atoms with E-state index >= 15 is 0 Å². The Kier molecular flexibility index (Phi) is 6.49. The summed E-state index contributed by atoms with van der Waals surface area (Å²) in [5.41, 5.74) is 0.851. The van der Waals surface area contributed by atoms with Crippen molar-refractivity contribution in [2.24, 2.45) is 5.92 Å². The Balaban J connectivity index is 2.82. The summed E-state index contributed by atoms with van der Waals surface area (Å²) in [6.45, 7) is 0. The number of hydrogen-bond acceptors (Lipinski definition) is 5. The smallest absolute Gasteiger partial charge is 0.317 e. The number of carboxylic acids is 2. The van der Waals surface area contributed by atoms with E-state index < -0.39 is 17.9 Å². The zero-order valence-corrected chi connectivity index (χ0v) is 12.8. The van der Waals surface area contributed by atoms with Crippen LogP contribution in [0.25, 0.3) is 0 Å². The lowest BCUT2D eigenvalue weighted by Gasteiger charge is -2.14. The van der Waals surface area contributed by atoms with Gasteiger partial charge >= 0.3 is 11.9 Å². The van der Waals surface area contributed by atoms with Crippen LogP contribution >= 0.6 is 0 Å². The van der Waals surface area contributed by atoms with Crippen LogP contribution < -0.4 is 14.2 Å². The highest BCUT2D eigenvalue weighted by Gasteiger charge is 2.25. The summed E-state index contributed by atoms with van der Waals surface area (Å²) in [6, 6.07) is 3.52. The van der Waals surface area contributed by atoms with Gasteiger partial charge < -0.3 is 24.4 Å². The molecular formula is C15H20O7. The van der Waals surface area contributed by atoms with Gasteiger partial charge in [-0.3, -0.25) is 9.59 Å². The van der Waals surface area contributed by atoms with Crippen molar-refractivity contribution >= 4 is 11.9 Å². The summed E-state index contributed by atoms with van der Waals surface area (Å²) >= 11 is 0. The van der Waals surface area contributed by atoms with Crippen LogP contribution in [0.2, 0.25) is 0 Å². The topological polar surface area (TPSA) is 102 Å². The van der Waals surface area contributed by atoms with E-state index in [1.54, 1.807) is 12.1 Å². The number of methoxy groups -OCH3 is 3. The van der Waals surface area contributed by atoms with Crippen LogP contribution in [0.5, 0.6) is 17.2 Å². The van der Waals surface area contributed by atoms with Gasteiger partial charge in [0.05, 0.1) is 21.3 Å². The van der Waals surface area contributed by atoms with E-state index in [9.17, 15) is 9.59 Å². The Labute approximate surface area is 128 Å². The lowest BCUT2D eigenvalue weighted by Crippen LogP contribution is -2.23. The molecule has 0 bridgehead atoms. The zero-order chi connectivity index (χ0) is 16.7. The largest absolute Gasteiger partial charge is 0.493 e. The van der Waals surface area contributed by atoms with Gasteiger partial charge in [0.2, 0.25) is 5.75 Å². The zero-order valence-electron chi connectivity index (χ0n) is 12.8. The predicted molar refractivity (Wildman–Crippen MR) is 77.8 cm³/mol. The molecule has 7 nitrogen and oxygen atoms in total. The first-order valence-corrected chi connectivity index (χ1v) is 6.69. The van der Waals surface area contributed by atoms with E-state index in [2.05, 4.69) is 0 Å². The first-order chi connectivity index (χ1) is 10.4. The summed E-state index contributed by atoms with van der Waals surface area (Å²) in [5, 5.41) is 17.7. The van der Waals surface area contributed by atoms with Crippen molar-refractivity contribution < 1.29 is 34.0 Å². The van der Waals surface area contributed by atoms with Gasteiger partial charge in [-0.25, -0.2) is 0 Å².